The predicted octanol–water partition coefficient (Wildman–Crippen LogP) is 2.62. The first-order chi connectivity index (χ1) is 12.2. The van der Waals surface area contributed by atoms with Gasteiger partial charge in [-0.2, -0.15) is 0 Å². The third kappa shape index (κ3) is 7.93. The highest BCUT2D eigenvalue weighted by Crippen LogP contribution is 2.27. The summed E-state index contributed by atoms with van der Waals surface area (Å²) >= 11 is 11.7. The van der Waals surface area contributed by atoms with Crippen LogP contribution in [0.25, 0.3) is 0 Å². The number of carbonyl (C=O) groups excluding carboxylic acids is 3. The number of nitrogens with one attached hydrogen (secondary N) is 1. The SMILES string of the molecule is COC(=O)[C@@H](CC(C)C)NC(=O)COC(=O)COc1ccc(Cl)cc1Cl. The van der Waals surface area contributed by atoms with Gasteiger partial charge in [-0.25, -0.2) is 9.59 Å². The number of esters is 2. The summed E-state index contributed by atoms with van der Waals surface area (Å²) in [5.41, 5.74) is 0. The van der Waals surface area contributed by atoms with E-state index in [9.17, 15) is 14.4 Å². The van der Waals surface area contributed by atoms with Crippen molar-refractivity contribution in [3.05, 3.63) is 28.2 Å². The summed E-state index contributed by atoms with van der Waals surface area (Å²) in [6, 6.07) is 3.75. The Bertz CT molecular complexity index is 650. The molecule has 1 atom stereocenters. The van der Waals surface area contributed by atoms with Crippen LogP contribution in [-0.2, 0) is 23.9 Å². The molecule has 0 aliphatic heterocycles. The molecule has 9 heteroatoms. The van der Waals surface area contributed by atoms with Gasteiger partial charge in [0.25, 0.3) is 5.91 Å². The number of carbonyl (C=O) groups is 3. The lowest BCUT2D eigenvalue weighted by atomic mass is 10.0. The van der Waals surface area contributed by atoms with E-state index < -0.39 is 37.1 Å². The summed E-state index contributed by atoms with van der Waals surface area (Å²) in [6.45, 7) is 2.84. The van der Waals surface area contributed by atoms with E-state index in [1.165, 1.54) is 19.2 Å². The molecular formula is C17H21Cl2NO6. The number of methoxy groups -OCH3 is 1. The van der Waals surface area contributed by atoms with Gasteiger partial charge in [0.1, 0.15) is 11.8 Å². The van der Waals surface area contributed by atoms with E-state index in [4.69, 9.17) is 32.7 Å². The zero-order valence-corrected chi connectivity index (χ0v) is 16.2. The van der Waals surface area contributed by atoms with E-state index in [0.29, 0.717) is 11.4 Å². The maximum Gasteiger partial charge on any atom is 0.344 e. The van der Waals surface area contributed by atoms with Crippen LogP contribution in [0, 0.1) is 5.92 Å². The molecule has 1 N–H and O–H groups in total. The monoisotopic (exact) mass is 405 g/mol. The lowest BCUT2D eigenvalue weighted by Gasteiger charge is -2.18. The summed E-state index contributed by atoms with van der Waals surface area (Å²) in [5.74, 6) is -1.50. The van der Waals surface area contributed by atoms with Gasteiger partial charge >= 0.3 is 11.9 Å². The van der Waals surface area contributed by atoms with Gasteiger partial charge in [-0.1, -0.05) is 37.0 Å². The highest BCUT2D eigenvalue weighted by atomic mass is 35.5. The average molecular weight is 406 g/mol. The Balaban J connectivity index is 2.42. The Labute approximate surface area is 161 Å². The van der Waals surface area contributed by atoms with Gasteiger partial charge in [-0.15, -0.1) is 0 Å². The first kappa shape index (κ1) is 22.1. The lowest BCUT2D eigenvalue weighted by Crippen LogP contribution is -2.44. The standard InChI is InChI=1S/C17H21Cl2NO6/c1-10(2)6-13(17(23)24-3)20-15(21)8-26-16(22)9-25-14-5-4-11(18)7-12(14)19/h4-5,7,10,13H,6,8-9H2,1-3H3,(H,20,21)/t13-/m1/s1. The molecule has 0 spiro atoms. The molecule has 1 aromatic rings. The van der Waals surface area contributed by atoms with Gasteiger partial charge in [0.05, 0.1) is 12.1 Å². The van der Waals surface area contributed by atoms with Gasteiger partial charge < -0.3 is 19.5 Å². The number of rotatable bonds is 9. The second kappa shape index (κ2) is 10.9. The number of ether oxygens (including phenoxy) is 3. The van der Waals surface area contributed by atoms with Crippen LogP contribution in [0.4, 0.5) is 0 Å². The van der Waals surface area contributed by atoms with Gasteiger partial charge in [-0.05, 0) is 30.5 Å². The van der Waals surface area contributed by atoms with Gasteiger partial charge in [-0.3, -0.25) is 4.79 Å². The Kier molecular flexibility index (Phi) is 9.23. The van der Waals surface area contributed by atoms with Crippen molar-refractivity contribution in [3.63, 3.8) is 0 Å². The van der Waals surface area contributed by atoms with Crippen LogP contribution in [0.1, 0.15) is 20.3 Å². The molecule has 0 aromatic heterocycles. The number of amides is 1. The van der Waals surface area contributed by atoms with Crippen LogP contribution in [0.5, 0.6) is 5.75 Å². The molecule has 1 rings (SSSR count). The fourth-order valence-corrected chi connectivity index (χ4v) is 2.44. The normalized spacial score (nSPS) is 11.6. The molecule has 0 fully saturated rings. The summed E-state index contributed by atoms with van der Waals surface area (Å²) < 4.78 is 14.7. The number of hydrogen-bond donors (Lipinski definition) is 1. The Morgan fingerprint density at radius 3 is 2.42 bits per heavy atom. The molecule has 0 aliphatic rings. The second-order valence-corrected chi connectivity index (χ2v) is 6.64. The number of halogens is 2. The minimum atomic E-state index is -0.796. The van der Waals surface area contributed by atoms with E-state index >= 15 is 0 Å². The summed E-state index contributed by atoms with van der Waals surface area (Å²) in [4.78, 5) is 35.2. The molecule has 26 heavy (non-hydrogen) atoms. The molecule has 1 amide bonds. The van der Waals surface area contributed by atoms with Crippen molar-refractivity contribution in [2.45, 2.75) is 26.3 Å². The van der Waals surface area contributed by atoms with E-state index in [1.807, 2.05) is 13.8 Å². The van der Waals surface area contributed by atoms with Crippen LogP contribution < -0.4 is 10.1 Å². The molecule has 0 bridgehead atoms. The van der Waals surface area contributed by atoms with Crippen LogP contribution in [-0.4, -0.2) is 44.2 Å². The van der Waals surface area contributed by atoms with E-state index in [2.05, 4.69) is 10.1 Å². The van der Waals surface area contributed by atoms with Crippen LogP contribution in [0.3, 0.4) is 0 Å². The fourth-order valence-electron chi connectivity index (χ4n) is 1.98. The maximum atomic E-state index is 11.9. The summed E-state index contributed by atoms with van der Waals surface area (Å²) in [6.07, 6.45) is 0.407. The van der Waals surface area contributed by atoms with E-state index in [-0.39, 0.29) is 16.7 Å². The van der Waals surface area contributed by atoms with E-state index in [0.717, 1.165) is 0 Å². The quantitative estimate of drug-likeness (QED) is 0.634. The minimum Gasteiger partial charge on any atom is -0.480 e. The molecule has 1 aromatic carbocycles. The van der Waals surface area contributed by atoms with Crippen molar-refractivity contribution in [2.75, 3.05) is 20.3 Å². The van der Waals surface area contributed by atoms with Crippen LogP contribution in [0.15, 0.2) is 18.2 Å². The molecule has 0 radical (unpaired) electrons. The molecule has 0 saturated heterocycles. The van der Waals surface area contributed by atoms with Crippen LogP contribution in [0.2, 0.25) is 10.0 Å². The second-order valence-electron chi connectivity index (χ2n) is 5.80. The predicted molar refractivity (Wildman–Crippen MR) is 96.3 cm³/mol. The zero-order valence-electron chi connectivity index (χ0n) is 14.7. The van der Waals surface area contributed by atoms with Crippen molar-refractivity contribution < 1.29 is 28.6 Å². The lowest BCUT2D eigenvalue weighted by molar-refractivity contribution is -0.151. The van der Waals surface area contributed by atoms with E-state index in [1.54, 1.807) is 6.07 Å². The van der Waals surface area contributed by atoms with Crippen LogP contribution >= 0.6 is 23.2 Å². The van der Waals surface area contributed by atoms with Crippen molar-refractivity contribution in [1.29, 1.82) is 0 Å². The molecule has 0 heterocycles. The van der Waals surface area contributed by atoms with Gasteiger partial charge in [0.15, 0.2) is 13.2 Å². The number of hydrogen-bond acceptors (Lipinski definition) is 6. The largest absolute Gasteiger partial charge is 0.480 e. The van der Waals surface area contributed by atoms with Crippen molar-refractivity contribution in [1.82, 2.24) is 5.32 Å². The highest BCUT2D eigenvalue weighted by Gasteiger charge is 2.23. The average Bonchev–Trinajstić information content (AvgIpc) is 2.57. The molecule has 0 aliphatic carbocycles. The van der Waals surface area contributed by atoms with Crippen molar-refractivity contribution in [3.8, 4) is 5.75 Å². The Morgan fingerprint density at radius 1 is 1.15 bits per heavy atom. The molecule has 7 nitrogen and oxygen atoms in total. The van der Waals surface area contributed by atoms with Crippen molar-refractivity contribution in [2.24, 2.45) is 5.92 Å². The topological polar surface area (TPSA) is 90.9 Å². The summed E-state index contributed by atoms with van der Waals surface area (Å²) in [7, 11) is 1.24. The summed E-state index contributed by atoms with van der Waals surface area (Å²) in [5, 5.41) is 3.16. The minimum absolute atomic E-state index is 0.166. The molecule has 0 saturated carbocycles. The van der Waals surface area contributed by atoms with Gasteiger partial charge in [0, 0.05) is 5.02 Å². The third-order valence-corrected chi connectivity index (χ3v) is 3.66. The zero-order chi connectivity index (χ0) is 19.7. The first-order valence-electron chi connectivity index (χ1n) is 7.83. The number of benzene rings is 1. The molecule has 144 valence electrons. The Hall–Kier alpha value is -1.99. The first-order valence-corrected chi connectivity index (χ1v) is 8.59. The smallest absolute Gasteiger partial charge is 0.344 e. The highest BCUT2D eigenvalue weighted by molar-refractivity contribution is 6.35. The molecule has 0 unspecified atom stereocenters. The van der Waals surface area contributed by atoms with Crippen molar-refractivity contribution >= 4 is 41.0 Å². The fraction of sp³-hybridized carbons (Fsp3) is 0.471. The third-order valence-electron chi connectivity index (χ3n) is 3.13. The van der Waals surface area contributed by atoms with Gasteiger partial charge in [0.2, 0.25) is 0 Å². The maximum absolute atomic E-state index is 11.9. The molecular weight excluding hydrogens is 385 g/mol. The Morgan fingerprint density at radius 2 is 1.85 bits per heavy atom.